The third-order valence-electron chi connectivity index (χ3n) is 5.20. The topological polar surface area (TPSA) is 18.5 Å². The number of hydrogen-bond acceptors (Lipinski definition) is 3. The molecule has 18 heavy (non-hydrogen) atoms. The van der Waals surface area contributed by atoms with Gasteiger partial charge in [-0.25, -0.2) is 0 Å². The molecule has 0 spiro atoms. The first-order valence-electron chi connectivity index (χ1n) is 7.62. The van der Waals surface area contributed by atoms with Crippen molar-refractivity contribution < 1.29 is 0 Å². The molecule has 1 N–H and O–H groups in total. The maximum absolute atomic E-state index is 3.44. The van der Waals surface area contributed by atoms with Crippen LogP contribution < -0.4 is 5.32 Å². The van der Waals surface area contributed by atoms with Gasteiger partial charge in [-0.05, 0) is 71.8 Å². The van der Waals surface area contributed by atoms with Gasteiger partial charge in [0.15, 0.2) is 0 Å². The van der Waals surface area contributed by atoms with Gasteiger partial charge in [0.2, 0.25) is 0 Å². The molecule has 2 heterocycles. The summed E-state index contributed by atoms with van der Waals surface area (Å²) in [6.45, 7) is 10.0. The highest BCUT2D eigenvalue weighted by molar-refractivity contribution is 4.89. The minimum atomic E-state index is 0.549. The third-order valence-corrected chi connectivity index (χ3v) is 5.20. The molecule has 0 bridgehead atoms. The molecule has 0 aromatic rings. The monoisotopic (exact) mass is 253 g/mol. The summed E-state index contributed by atoms with van der Waals surface area (Å²) in [5, 5.41) is 3.44. The van der Waals surface area contributed by atoms with E-state index in [2.05, 4.69) is 43.1 Å². The molecule has 0 aliphatic carbocycles. The molecule has 3 nitrogen and oxygen atoms in total. The van der Waals surface area contributed by atoms with E-state index in [1.807, 2.05) is 0 Å². The van der Waals surface area contributed by atoms with Crippen LogP contribution in [-0.2, 0) is 0 Å². The Kier molecular flexibility index (Phi) is 4.68. The zero-order chi connectivity index (χ0) is 13.2. The van der Waals surface area contributed by atoms with E-state index in [0.29, 0.717) is 5.41 Å². The van der Waals surface area contributed by atoms with Crippen molar-refractivity contribution in [2.75, 3.05) is 40.3 Å². The van der Waals surface area contributed by atoms with Crippen LogP contribution in [0.2, 0.25) is 0 Å². The van der Waals surface area contributed by atoms with Gasteiger partial charge in [-0.15, -0.1) is 0 Å². The number of piperidine rings is 2. The van der Waals surface area contributed by atoms with Crippen molar-refractivity contribution in [2.45, 2.75) is 51.6 Å². The van der Waals surface area contributed by atoms with Gasteiger partial charge in [0, 0.05) is 18.6 Å². The van der Waals surface area contributed by atoms with Crippen LogP contribution in [0, 0.1) is 5.41 Å². The highest BCUT2D eigenvalue weighted by atomic mass is 15.2. The summed E-state index contributed by atoms with van der Waals surface area (Å²) >= 11 is 0. The SMILES string of the molecule is CNC1CCN(CC2(C)CCN(C)CC2)C(C)C1. The van der Waals surface area contributed by atoms with E-state index in [9.17, 15) is 0 Å². The predicted molar refractivity (Wildman–Crippen MR) is 78.0 cm³/mol. The maximum Gasteiger partial charge on any atom is 0.00910 e. The van der Waals surface area contributed by atoms with Gasteiger partial charge in [-0.1, -0.05) is 6.92 Å². The smallest absolute Gasteiger partial charge is 0.00910 e. The second-order valence-electron chi connectivity index (χ2n) is 6.94. The van der Waals surface area contributed by atoms with Crippen LogP contribution in [0.4, 0.5) is 0 Å². The Morgan fingerprint density at radius 3 is 2.44 bits per heavy atom. The molecule has 2 rings (SSSR count). The van der Waals surface area contributed by atoms with E-state index < -0.39 is 0 Å². The van der Waals surface area contributed by atoms with Gasteiger partial charge in [0.05, 0.1) is 0 Å². The first-order valence-corrected chi connectivity index (χ1v) is 7.62. The Bertz CT molecular complexity index is 258. The molecule has 0 aromatic carbocycles. The fraction of sp³-hybridized carbons (Fsp3) is 1.00. The van der Waals surface area contributed by atoms with Crippen LogP contribution in [0.15, 0.2) is 0 Å². The van der Waals surface area contributed by atoms with Crippen molar-refractivity contribution in [1.82, 2.24) is 15.1 Å². The molecule has 106 valence electrons. The number of hydrogen-bond donors (Lipinski definition) is 1. The summed E-state index contributed by atoms with van der Waals surface area (Å²) in [5.41, 5.74) is 0.549. The number of nitrogens with zero attached hydrogens (tertiary/aromatic N) is 2. The summed E-state index contributed by atoms with van der Waals surface area (Å²) in [7, 11) is 4.35. The van der Waals surface area contributed by atoms with E-state index in [0.717, 1.165) is 12.1 Å². The van der Waals surface area contributed by atoms with E-state index >= 15 is 0 Å². The van der Waals surface area contributed by atoms with Crippen molar-refractivity contribution >= 4 is 0 Å². The lowest BCUT2D eigenvalue weighted by Gasteiger charge is -2.45. The van der Waals surface area contributed by atoms with Crippen molar-refractivity contribution in [3.63, 3.8) is 0 Å². The van der Waals surface area contributed by atoms with E-state index in [4.69, 9.17) is 0 Å². The van der Waals surface area contributed by atoms with Crippen LogP contribution >= 0.6 is 0 Å². The minimum Gasteiger partial charge on any atom is -0.317 e. The van der Waals surface area contributed by atoms with Crippen molar-refractivity contribution in [3.05, 3.63) is 0 Å². The average molecular weight is 253 g/mol. The fourth-order valence-corrected chi connectivity index (χ4v) is 3.52. The van der Waals surface area contributed by atoms with Crippen LogP contribution in [0.3, 0.4) is 0 Å². The molecule has 0 radical (unpaired) electrons. The van der Waals surface area contributed by atoms with Gasteiger partial charge < -0.3 is 15.1 Å². The fourth-order valence-electron chi connectivity index (χ4n) is 3.52. The van der Waals surface area contributed by atoms with Crippen molar-refractivity contribution in [3.8, 4) is 0 Å². The number of nitrogens with one attached hydrogen (secondary N) is 1. The van der Waals surface area contributed by atoms with Gasteiger partial charge in [-0.2, -0.15) is 0 Å². The molecule has 0 saturated carbocycles. The third kappa shape index (κ3) is 3.46. The zero-order valence-corrected chi connectivity index (χ0v) is 12.7. The second-order valence-corrected chi connectivity index (χ2v) is 6.94. The molecule has 2 unspecified atom stereocenters. The second kappa shape index (κ2) is 5.89. The first kappa shape index (κ1) is 14.3. The molecular weight excluding hydrogens is 222 g/mol. The number of rotatable bonds is 3. The Morgan fingerprint density at radius 1 is 1.22 bits per heavy atom. The molecule has 2 aliphatic heterocycles. The van der Waals surface area contributed by atoms with Gasteiger partial charge in [-0.3, -0.25) is 0 Å². The Hall–Kier alpha value is -0.120. The van der Waals surface area contributed by atoms with Gasteiger partial charge in [0.25, 0.3) is 0 Å². The van der Waals surface area contributed by atoms with Gasteiger partial charge >= 0.3 is 0 Å². The normalized spacial score (nSPS) is 34.7. The molecule has 2 atom stereocenters. The average Bonchev–Trinajstić information content (AvgIpc) is 2.36. The van der Waals surface area contributed by atoms with Crippen molar-refractivity contribution in [1.29, 1.82) is 0 Å². The number of likely N-dealkylation sites (tertiary alicyclic amines) is 2. The highest BCUT2D eigenvalue weighted by Crippen LogP contribution is 2.33. The Balaban J connectivity index is 1.85. The summed E-state index contributed by atoms with van der Waals surface area (Å²) in [6, 6.07) is 1.48. The van der Waals surface area contributed by atoms with Crippen LogP contribution in [0.25, 0.3) is 0 Å². The molecular formula is C15H31N3. The zero-order valence-electron chi connectivity index (χ0n) is 12.7. The summed E-state index contributed by atoms with van der Waals surface area (Å²) < 4.78 is 0. The Morgan fingerprint density at radius 2 is 1.89 bits per heavy atom. The molecule has 0 amide bonds. The lowest BCUT2D eigenvalue weighted by Crippen LogP contribution is -2.51. The summed E-state index contributed by atoms with van der Waals surface area (Å²) in [4.78, 5) is 5.21. The largest absolute Gasteiger partial charge is 0.317 e. The molecule has 2 saturated heterocycles. The quantitative estimate of drug-likeness (QED) is 0.827. The van der Waals surface area contributed by atoms with Crippen LogP contribution in [0.5, 0.6) is 0 Å². The first-order chi connectivity index (χ1) is 8.52. The summed E-state index contributed by atoms with van der Waals surface area (Å²) in [6.07, 6.45) is 5.35. The summed E-state index contributed by atoms with van der Waals surface area (Å²) in [5.74, 6) is 0. The van der Waals surface area contributed by atoms with E-state index in [1.54, 1.807) is 0 Å². The van der Waals surface area contributed by atoms with Crippen LogP contribution in [-0.4, -0.2) is 62.2 Å². The van der Waals surface area contributed by atoms with Crippen LogP contribution in [0.1, 0.15) is 39.5 Å². The molecule has 3 heteroatoms. The van der Waals surface area contributed by atoms with Crippen molar-refractivity contribution in [2.24, 2.45) is 5.41 Å². The minimum absolute atomic E-state index is 0.549. The lowest BCUT2D eigenvalue weighted by atomic mass is 9.79. The molecule has 2 fully saturated rings. The predicted octanol–water partition coefficient (Wildman–Crippen LogP) is 1.79. The highest BCUT2D eigenvalue weighted by Gasteiger charge is 2.34. The van der Waals surface area contributed by atoms with Gasteiger partial charge in [0.1, 0.15) is 0 Å². The maximum atomic E-state index is 3.44. The Labute approximate surface area is 113 Å². The molecule has 0 aromatic heterocycles. The lowest BCUT2D eigenvalue weighted by molar-refractivity contribution is 0.0469. The van der Waals surface area contributed by atoms with E-state index in [1.165, 1.54) is 51.9 Å². The molecule has 2 aliphatic rings. The van der Waals surface area contributed by atoms with E-state index in [-0.39, 0.29) is 0 Å². The standard InChI is InChI=1S/C15H31N3/c1-13-11-14(16-3)5-8-18(13)12-15(2)6-9-17(4)10-7-15/h13-14,16H,5-12H2,1-4H3.